The van der Waals surface area contributed by atoms with Crippen LogP contribution in [0.1, 0.15) is 22.3 Å². The van der Waals surface area contributed by atoms with Crippen LogP contribution in [0.4, 0.5) is 10.5 Å². The maximum atomic E-state index is 13.0. The van der Waals surface area contributed by atoms with Crippen molar-refractivity contribution in [3.8, 4) is 17.6 Å². The number of rotatable bonds is 8. The van der Waals surface area contributed by atoms with Gasteiger partial charge in [0, 0.05) is 17.7 Å². The third-order valence-corrected chi connectivity index (χ3v) is 7.10. The van der Waals surface area contributed by atoms with Crippen LogP contribution in [-0.2, 0) is 17.9 Å². The van der Waals surface area contributed by atoms with Gasteiger partial charge in [-0.3, -0.25) is 24.6 Å². The van der Waals surface area contributed by atoms with Crippen LogP contribution in [-0.4, -0.2) is 28.1 Å². The molecule has 0 spiro atoms. The van der Waals surface area contributed by atoms with Gasteiger partial charge in [0.05, 0.1) is 38.7 Å². The van der Waals surface area contributed by atoms with Crippen molar-refractivity contribution in [1.82, 2.24) is 4.90 Å². The zero-order valence-electron chi connectivity index (χ0n) is 19.3. The number of amides is 2. The van der Waals surface area contributed by atoms with Gasteiger partial charge in [-0.15, -0.1) is 0 Å². The van der Waals surface area contributed by atoms with Gasteiger partial charge in [-0.05, 0) is 69.8 Å². The van der Waals surface area contributed by atoms with E-state index in [1.807, 2.05) is 12.1 Å². The average Bonchev–Trinajstić information content (AvgIpc) is 3.15. The summed E-state index contributed by atoms with van der Waals surface area (Å²) in [5.74, 6) is 0.444. The molecular weight excluding hydrogens is 609 g/mol. The van der Waals surface area contributed by atoms with Gasteiger partial charge in [0.1, 0.15) is 6.61 Å². The molecule has 4 rings (SSSR count). The lowest BCUT2D eigenvalue weighted by atomic mass is 10.1. The van der Waals surface area contributed by atoms with Crippen LogP contribution in [0.25, 0.3) is 6.08 Å². The van der Waals surface area contributed by atoms with Crippen molar-refractivity contribution in [3.05, 3.63) is 102 Å². The van der Waals surface area contributed by atoms with Gasteiger partial charge in [-0.25, -0.2) is 0 Å². The van der Waals surface area contributed by atoms with Gasteiger partial charge >= 0.3 is 0 Å². The van der Waals surface area contributed by atoms with Crippen LogP contribution in [0.2, 0.25) is 0 Å². The van der Waals surface area contributed by atoms with E-state index in [0.29, 0.717) is 31.8 Å². The van der Waals surface area contributed by atoms with Gasteiger partial charge < -0.3 is 9.47 Å². The molecule has 3 aromatic carbocycles. The maximum absolute atomic E-state index is 13.0. The molecule has 0 bridgehead atoms. The number of carbonyl (C=O) groups is 2. The number of hydrogen-bond acceptors (Lipinski definition) is 8. The second-order valence-corrected chi connectivity index (χ2v) is 9.94. The summed E-state index contributed by atoms with van der Waals surface area (Å²) in [4.78, 5) is 37.3. The molecule has 0 N–H and O–H groups in total. The molecule has 3 aromatic rings. The average molecular weight is 627 g/mol. The van der Waals surface area contributed by atoms with Crippen molar-refractivity contribution >= 4 is 57.3 Å². The van der Waals surface area contributed by atoms with E-state index in [2.05, 4.69) is 28.7 Å². The molecule has 0 atom stereocenters. The molecule has 0 unspecified atom stereocenters. The molecule has 1 aliphatic heterocycles. The highest BCUT2D eigenvalue weighted by molar-refractivity contribution is 14.1. The molecule has 1 aliphatic rings. The number of benzene rings is 3. The predicted molar refractivity (Wildman–Crippen MR) is 146 cm³/mol. The van der Waals surface area contributed by atoms with E-state index in [4.69, 9.17) is 9.47 Å². The van der Waals surface area contributed by atoms with Crippen LogP contribution in [0.5, 0.6) is 11.5 Å². The molecule has 37 heavy (non-hydrogen) atoms. The van der Waals surface area contributed by atoms with Crippen LogP contribution in [0.15, 0.2) is 65.6 Å². The number of thioether (sulfide) groups is 1. The zero-order chi connectivity index (χ0) is 26.5. The first-order chi connectivity index (χ1) is 17.8. The summed E-state index contributed by atoms with van der Waals surface area (Å²) >= 11 is 2.90. The van der Waals surface area contributed by atoms with E-state index < -0.39 is 16.1 Å². The maximum Gasteiger partial charge on any atom is 0.293 e. The van der Waals surface area contributed by atoms with Crippen molar-refractivity contribution in [2.45, 2.75) is 13.2 Å². The van der Waals surface area contributed by atoms with Crippen LogP contribution in [0, 0.1) is 25.0 Å². The zero-order valence-corrected chi connectivity index (χ0v) is 22.3. The Morgan fingerprint density at radius 1 is 1.16 bits per heavy atom. The van der Waals surface area contributed by atoms with Crippen LogP contribution >= 0.6 is 34.4 Å². The first kappa shape index (κ1) is 26.2. The lowest BCUT2D eigenvalue weighted by Gasteiger charge is -2.14. The molecule has 2 amide bonds. The molecule has 1 fully saturated rings. The minimum absolute atomic E-state index is 0.0680. The fourth-order valence-electron chi connectivity index (χ4n) is 3.61. The van der Waals surface area contributed by atoms with Crippen molar-refractivity contribution in [1.29, 1.82) is 5.26 Å². The van der Waals surface area contributed by atoms with E-state index in [1.54, 1.807) is 36.4 Å². The van der Waals surface area contributed by atoms with Gasteiger partial charge in [-0.1, -0.05) is 30.3 Å². The second-order valence-electron chi connectivity index (χ2n) is 7.79. The Labute approximate surface area is 230 Å². The third kappa shape index (κ3) is 5.92. The van der Waals surface area contributed by atoms with Crippen molar-refractivity contribution < 1.29 is 24.0 Å². The Hall–Kier alpha value is -3.89. The van der Waals surface area contributed by atoms with Crippen LogP contribution < -0.4 is 9.47 Å². The number of nitrogens with zero attached hydrogens (tertiary/aromatic N) is 3. The van der Waals surface area contributed by atoms with E-state index in [0.717, 1.165) is 22.2 Å². The largest absolute Gasteiger partial charge is 0.493 e. The second kappa shape index (κ2) is 11.4. The number of methoxy groups -OCH3 is 1. The minimum Gasteiger partial charge on any atom is -0.493 e. The smallest absolute Gasteiger partial charge is 0.293 e. The first-order valence-corrected chi connectivity index (χ1v) is 12.7. The van der Waals surface area contributed by atoms with Crippen molar-refractivity contribution in [2.75, 3.05) is 7.11 Å². The molecule has 0 aliphatic carbocycles. The van der Waals surface area contributed by atoms with E-state index >= 15 is 0 Å². The molecule has 1 heterocycles. The first-order valence-electron chi connectivity index (χ1n) is 10.8. The van der Waals surface area contributed by atoms with E-state index in [9.17, 15) is 25.0 Å². The highest BCUT2D eigenvalue weighted by Crippen LogP contribution is 2.38. The number of carbonyl (C=O) groups excluding carboxylic acids is 2. The number of ether oxygens (including phenoxy) is 2. The monoisotopic (exact) mass is 627 g/mol. The molecule has 9 nitrogen and oxygen atoms in total. The van der Waals surface area contributed by atoms with Gasteiger partial charge in [0.2, 0.25) is 0 Å². The number of hydrogen-bond donors (Lipinski definition) is 0. The quantitative estimate of drug-likeness (QED) is 0.131. The molecular formula is C26H18IN3O6S. The lowest BCUT2D eigenvalue weighted by Crippen LogP contribution is -2.27. The lowest BCUT2D eigenvalue weighted by molar-refractivity contribution is -0.384. The highest BCUT2D eigenvalue weighted by atomic mass is 127. The number of nitriles is 1. The molecule has 11 heteroatoms. The van der Waals surface area contributed by atoms with E-state index in [-0.39, 0.29) is 23.7 Å². The number of nitro groups is 1. The van der Waals surface area contributed by atoms with Gasteiger partial charge in [0.25, 0.3) is 16.8 Å². The Balaban J connectivity index is 1.54. The van der Waals surface area contributed by atoms with Gasteiger partial charge in [0.15, 0.2) is 11.5 Å². The third-order valence-electron chi connectivity index (χ3n) is 5.40. The summed E-state index contributed by atoms with van der Waals surface area (Å²) in [7, 11) is 1.50. The molecule has 186 valence electrons. The topological polar surface area (TPSA) is 123 Å². The normalized spacial score (nSPS) is 14.1. The molecule has 0 saturated carbocycles. The predicted octanol–water partition coefficient (Wildman–Crippen LogP) is 5.90. The minimum atomic E-state index is -0.526. The molecule has 0 aromatic heterocycles. The summed E-state index contributed by atoms with van der Waals surface area (Å²) < 4.78 is 12.2. The standard InChI is InChI=1S/C26H18IN3O6S/c1-35-22-11-17(10-21(27)24(22)36-15-19-7-3-2-6-18(19)13-28)12-23-25(31)29(26(32)37-23)14-16-5-4-8-20(9-16)30(33)34/h2-12H,14-15H2,1H3/b23-12+. The number of non-ortho nitro benzene ring substituents is 1. The summed E-state index contributed by atoms with van der Waals surface area (Å²) in [6, 6.07) is 18.6. The Morgan fingerprint density at radius 3 is 2.68 bits per heavy atom. The van der Waals surface area contributed by atoms with Crippen molar-refractivity contribution in [2.24, 2.45) is 0 Å². The Bertz CT molecular complexity index is 1480. The Morgan fingerprint density at radius 2 is 1.95 bits per heavy atom. The van der Waals surface area contributed by atoms with Gasteiger partial charge in [-0.2, -0.15) is 5.26 Å². The summed E-state index contributed by atoms with van der Waals surface area (Å²) in [5.41, 5.74) is 2.26. The van der Waals surface area contributed by atoms with Crippen LogP contribution in [0.3, 0.4) is 0 Å². The summed E-state index contributed by atoms with van der Waals surface area (Å²) in [5, 5.41) is 19.9. The number of nitro benzene ring substituents is 1. The number of halogens is 1. The van der Waals surface area contributed by atoms with E-state index in [1.165, 1.54) is 25.3 Å². The fraction of sp³-hybridized carbons (Fsp3) is 0.115. The Kier molecular flexibility index (Phi) is 8.10. The van der Waals surface area contributed by atoms with Crippen molar-refractivity contribution in [3.63, 3.8) is 0 Å². The SMILES string of the molecule is COc1cc(/C=C2/SC(=O)N(Cc3cccc([N+](=O)[O-])c3)C2=O)cc(I)c1OCc1ccccc1C#N. The highest BCUT2D eigenvalue weighted by Gasteiger charge is 2.35. The number of imide groups is 1. The fourth-order valence-corrected chi connectivity index (χ4v) is 5.23. The molecule has 1 saturated heterocycles. The summed E-state index contributed by atoms with van der Waals surface area (Å²) in [6.07, 6.45) is 1.60. The molecule has 0 radical (unpaired) electrons. The summed E-state index contributed by atoms with van der Waals surface area (Å²) in [6.45, 7) is 0.105.